The number of para-hydroxylation sites is 1. The predicted octanol–water partition coefficient (Wildman–Crippen LogP) is 2.71. The number of nitrogens with zero attached hydrogens (tertiary/aromatic N) is 1. The molecule has 4 nitrogen and oxygen atoms in total. The maximum absolute atomic E-state index is 12.0. The van der Waals surface area contributed by atoms with Crippen molar-refractivity contribution in [3.8, 4) is 17.6 Å². The quantitative estimate of drug-likeness (QED) is 0.791. The van der Waals surface area contributed by atoms with Gasteiger partial charge in [-0.25, -0.2) is 0 Å². The molecule has 1 atom stereocenters. The summed E-state index contributed by atoms with van der Waals surface area (Å²) < 4.78 is 5.57. The largest absolute Gasteiger partial charge is 0.481 e. The van der Waals surface area contributed by atoms with E-state index in [9.17, 15) is 4.79 Å². The number of ether oxygens (including phenoxy) is 1. The molecule has 0 saturated heterocycles. The number of hydrogen-bond acceptors (Lipinski definition) is 3. The molecule has 0 aliphatic heterocycles. The standard InChI is InChI=1S/C21H24N2O2/c1-18(25-20-13-7-4-8-14-20)21(24)22-15-9-10-16-23(2)17-19-11-5-3-6-12-19/h3-8,11-14,18H,15-17H2,1-2H3,(H,22,24). The fourth-order valence-electron chi connectivity index (χ4n) is 2.24. The average molecular weight is 336 g/mol. The lowest BCUT2D eigenvalue weighted by molar-refractivity contribution is -0.126. The van der Waals surface area contributed by atoms with E-state index in [4.69, 9.17) is 4.74 Å². The van der Waals surface area contributed by atoms with E-state index in [1.54, 1.807) is 6.92 Å². The van der Waals surface area contributed by atoms with Crippen LogP contribution in [0, 0.1) is 11.8 Å². The van der Waals surface area contributed by atoms with E-state index < -0.39 is 6.10 Å². The summed E-state index contributed by atoms with van der Waals surface area (Å²) in [6.07, 6.45) is -0.551. The lowest BCUT2D eigenvalue weighted by Gasteiger charge is -2.14. The molecule has 0 saturated carbocycles. The highest BCUT2D eigenvalue weighted by Crippen LogP contribution is 2.10. The summed E-state index contributed by atoms with van der Waals surface area (Å²) in [6, 6.07) is 19.6. The van der Waals surface area contributed by atoms with Gasteiger partial charge in [-0.05, 0) is 31.7 Å². The van der Waals surface area contributed by atoms with Crippen LogP contribution in [0.1, 0.15) is 12.5 Å². The number of benzene rings is 2. The molecule has 0 aliphatic rings. The summed E-state index contributed by atoms with van der Waals surface area (Å²) in [5.74, 6) is 6.55. The number of rotatable bonds is 7. The van der Waals surface area contributed by atoms with Gasteiger partial charge in [0, 0.05) is 6.54 Å². The Kier molecular flexibility index (Phi) is 7.55. The number of amides is 1. The Bertz CT molecular complexity index is 705. The van der Waals surface area contributed by atoms with Crippen molar-refractivity contribution in [2.45, 2.75) is 19.6 Å². The van der Waals surface area contributed by atoms with Gasteiger partial charge in [0.1, 0.15) is 5.75 Å². The Hall–Kier alpha value is -2.77. The van der Waals surface area contributed by atoms with Crippen molar-refractivity contribution in [3.63, 3.8) is 0 Å². The number of carbonyl (C=O) groups is 1. The van der Waals surface area contributed by atoms with Crippen LogP contribution < -0.4 is 10.1 Å². The second-order valence-electron chi connectivity index (χ2n) is 5.80. The first-order valence-electron chi connectivity index (χ1n) is 8.33. The maximum Gasteiger partial charge on any atom is 0.261 e. The van der Waals surface area contributed by atoms with Crippen molar-refractivity contribution in [3.05, 3.63) is 66.2 Å². The number of carbonyl (C=O) groups excluding carboxylic acids is 1. The van der Waals surface area contributed by atoms with Gasteiger partial charge in [-0.15, -0.1) is 0 Å². The molecule has 0 bridgehead atoms. The second kappa shape index (κ2) is 10.2. The van der Waals surface area contributed by atoms with Crippen LogP contribution in [0.15, 0.2) is 60.7 Å². The van der Waals surface area contributed by atoms with Crippen LogP contribution in [0.5, 0.6) is 5.75 Å². The van der Waals surface area contributed by atoms with Gasteiger partial charge >= 0.3 is 0 Å². The molecular weight excluding hydrogens is 312 g/mol. The smallest absolute Gasteiger partial charge is 0.261 e. The lowest BCUT2D eigenvalue weighted by atomic mass is 10.2. The molecule has 1 N–H and O–H groups in total. The number of hydrogen-bond donors (Lipinski definition) is 1. The zero-order chi connectivity index (χ0) is 17.9. The van der Waals surface area contributed by atoms with E-state index in [-0.39, 0.29) is 5.91 Å². The normalized spacial score (nSPS) is 11.3. The number of nitrogens with one attached hydrogen (secondary N) is 1. The third-order valence-electron chi connectivity index (χ3n) is 3.55. The van der Waals surface area contributed by atoms with Gasteiger partial charge in [-0.1, -0.05) is 60.4 Å². The van der Waals surface area contributed by atoms with Crippen LogP contribution in [0.25, 0.3) is 0 Å². The van der Waals surface area contributed by atoms with Crippen LogP contribution in [-0.4, -0.2) is 37.0 Å². The molecule has 0 aromatic heterocycles. The van der Waals surface area contributed by atoms with E-state index >= 15 is 0 Å². The van der Waals surface area contributed by atoms with Crippen LogP contribution in [0.3, 0.4) is 0 Å². The van der Waals surface area contributed by atoms with Crippen molar-refractivity contribution in [2.75, 3.05) is 20.1 Å². The summed E-state index contributed by atoms with van der Waals surface area (Å²) in [5.41, 5.74) is 1.26. The Labute approximate surface area is 149 Å². The van der Waals surface area contributed by atoms with Crippen LogP contribution in [0.2, 0.25) is 0 Å². The first kappa shape index (κ1) is 18.6. The Morgan fingerprint density at radius 3 is 2.40 bits per heavy atom. The Morgan fingerprint density at radius 2 is 1.72 bits per heavy atom. The Morgan fingerprint density at radius 1 is 1.08 bits per heavy atom. The molecule has 130 valence electrons. The summed E-state index contributed by atoms with van der Waals surface area (Å²) in [5, 5.41) is 2.77. The summed E-state index contributed by atoms with van der Waals surface area (Å²) in [6.45, 7) is 3.55. The summed E-state index contributed by atoms with van der Waals surface area (Å²) >= 11 is 0. The molecule has 0 aliphatic carbocycles. The van der Waals surface area contributed by atoms with Crippen molar-refractivity contribution in [1.82, 2.24) is 10.2 Å². The minimum atomic E-state index is -0.551. The lowest BCUT2D eigenvalue weighted by Crippen LogP contribution is -2.36. The zero-order valence-electron chi connectivity index (χ0n) is 14.7. The molecule has 2 aromatic rings. The van der Waals surface area contributed by atoms with Gasteiger partial charge in [-0.2, -0.15) is 0 Å². The minimum absolute atomic E-state index is 0.171. The average Bonchev–Trinajstić information content (AvgIpc) is 2.63. The minimum Gasteiger partial charge on any atom is -0.481 e. The van der Waals surface area contributed by atoms with Crippen molar-refractivity contribution >= 4 is 5.91 Å². The third kappa shape index (κ3) is 7.11. The topological polar surface area (TPSA) is 41.6 Å². The first-order valence-corrected chi connectivity index (χ1v) is 8.33. The van der Waals surface area contributed by atoms with Crippen molar-refractivity contribution in [1.29, 1.82) is 0 Å². The van der Waals surface area contributed by atoms with E-state index in [1.165, 1.54) is 5.56 Å². The summed E-state index contributed by atoms with van der Waals surface area (Å²) in [4.78, 5) is 14.1. The van der Waals surface area contributed by atoms with Gasteiger partial charge in [0.05, 0.1) is 13.1 Å². The molecule has 0 spiro atoms. The zero-order valence-corrected chi connectivity index (χ0v) is 14.7. The molecule has 2 rings (SSSR count). The van der Waals surface area contributed by atoms with Gasteiger partial charge in [-0.3, -0.25) is 9.69 Å². The predicted molar refractivity (Wildman–Crippen MR) is 100 cm³/mol. The van der Waals surface area contributed by atoms with E-state index in [2.05, 4.69) is 34.2 Å². The fourth-order valence-corrected chi connectivity index (χ4v) is 2.24. The highest BCUT2D eigenvalue weighted by molar-refractivity contribution is 5.80. The van der Waals surface area contributed by atoms with Crippen molar-refractivity contribution < 1.29 is 9.53 Å². The Balaban J connectivity index is 1.66. The molecule has 2 aromatic carbocycles. The second-order valence-corrected chi connectivity index (χ2v) is 5.80. The van der Waals surface area contributed by atoms with Crippen LogP contribution in [-0.2, 0) is 11.3 Å². The molecule has 1 amide bonds. The molecular formula is C21H24N2O2. The summed E-state index contributed by atoms with van der Waals surface area (Å²) in [7, 11) is 2.02. The molecule has 0 heterocycles. The SMILES string of the molecule is CC(Oc1ccccc1)C(=O)NCC#CCN(C)Cc1ccccc1. The third-order valence-corrected chi connectivity index (χ3v) is 3.55. The van der Waals surface area contributed by atoms with Gasteiger partial charge < -0.3 is 10.1 Å². The van der Waals surface area contributed by atoms with E-state index in [1.807, 2.05) is 55.6 Å². The molecule has 0 fully saturated rings. The molecule has 25 heavy (non-hydrogen) atoms. The molecule has 4 heteroatoms. The monoisotopic (exact) mass is 336 g/mol. The molecule has 0 radical (unpaired) electrons. The highest BCUT2D eigenvalue weighted by atomic mass is 16.5. The fraction of sp³-hybridized carbons (Fsp3) is 0.286. The van der Waals surface area contributed by atoms with Gasteiger partial charge in [0.2, 0.25) is 0 Å². The van der Waals surface area contributed by atoms with Crippen LogP contribution >= 0.6 is 0 Å². The van der Waals surface area contributed by atoms with Gasteiger partial charge in [0.25, 0.3) is 5.91 Å². The van der Waals surface area contributed by atoms with E-state index in [0.29, 0.717) is 18.8 Å². The highest BCUT2D eigenvalue weighted by Gasteiger charge is 2.13. The van der Waals surface area contributed by atoms with E-state index in [0.717, 1.165) is 6.54 Å². The molecule has 1 unspecified atom stereocenters. The van der Waals surface area contributed by atoms with Crippen molar-refractivity contribution in [2.24, 2.45) is 0 Å². The maximum atomic E-state index is 12.0. The van der Waals surface area contributed by atoms with Crippen LogP contribution in [0.4, 0.5) is 0 Å². The van der Waals surface area contributed by atoms with Gasteiger partial charge in [0.15, 0.2) is 6.10 Å². The first-order chi connectivity index (χ1) is 12.1.